The maximum absolute atomic E-state index is 11.6. The zero-order valence-corrected chi connectivity index (χ0v) is 12.2. The van der Waals surface area contributed by atoms with Gasteiger partial charge in [-0.15, -0.1) is 0 Å². The molecule has 1 rings (SSSR count). The van der Waals surface area contributed by atoms with Crippen LogP contribution in [0.15, 0.2) is 28.7 Å². The number of aliphatic carboxylic acids is 1. The second-order valence-electron chi connectivity index (χ2n) is 4.58. The van der Waals surface area contributed by atoms with Crippen LogP contribution in [0.4, 0.5) is 5.69 Å². The van der Waals surface area contributed by atoms with Crippen molar-refractivity contribution in [3.63, 3.8) is 0 Å². The van der Waals surface area contributed by atoms with Crippen LogP contribution in [0, 0.1) is 0 Å². The van der Waals surface area contributed by atoms with Gasteiger partial charge in [0.15, 0.2) is 0 Å². The SMILES string of the molecule is CC(CCCC(=O)O)(Nc1cccc(Br)c1)C(N)=O. The second-order valence-corrected chi connectivity index (χ2v) is 5.49. The molecule has 1 aromatic carbocycles. The maximum atomic E-state index is 11.6. The van der Waals surface area contributed by atoms with E-state index in [-0.39, 0.29) is 6.42 Å². The first-order valence-corrected chi connectivity index (χ1v) is 6.68. The van der Waals surface area contributed by atoms with Gasteiger partial charge in [-0.05, 0) is 38.0 Å². The number of carbonyl (C=O) groups excluding carboxylic acids is 1. The van der Waals surface area contributed by atoms with Gasteiger partial charge in [-0.25, -0.2) is 0 Å². The minimum Gasteiger partial charge on any atom is -0.481 e. The third-order valence-electron chi connectivity index (χ3n) is 2.86. The number of benzene rings is 1. The smallest absolute Gasteiger partial charge is 0.303 e. The second kappa shape index (κ2) is 6.56. The van der Waals surface area contributed by atoms with E-state index < -0.39 is 17.4 Å². The summed E-state index contributed by atoms with van der Waals surface area (Å²) < 4.78 is 0.884. The summed E-state index contributed by atoms with van der Waals surface area (Å²) in [6.07, 6.45) is 0.764. The number of nitrogens with two attached hydrogens (primary N) is 1. The molecule has 0 aromatic heterocycles. The van der Waals surface area contributed by atoms with Gasteiger partial charge in [0.1, 0.15) is 5.54 Å². The molecule has 19 heavy (non-hydrogen) atoms. The standard InChI is InChI=1S/C13H17BrN2O3/c1-13(12(15)19,7-3-6-11(17)18)16-10-5-2-4-9(14)8-10/h2,4-5,8,16H,3,6-7H2,1H3,(H2,15,19)(H,17,18). The molecule has 0 aliphatic carbocycles. The van der Waals surface area contributed by atoms with Crippen LogP contribution in [-0.4, -0.2) is 22.5 Å². The van der Waals surface area contributed by atoms with Crippen molar-refractivity contribution in [1.82, 2.24) is 0 Å². The number of carboxylic acids is 1. The largest absolute Gasteiger partial charge is 0.481 e. The number of primary amides is 1. The van der Waals surface area contributed by atoms with Gasteiger partial charge in [0.25, 0.3) is 0 Å². The van der Waals surface area contributed by atoms with Gasteiger partial charge < -0.3 is 16.2 Å². The Hall–Kier alpha value is -1.56. The lowest BCUT2D eigenvalue weighted by Gasteiger charge is -2.28. The van der Waals surface area contributed by atoms with Gasteiger partial charge in [0.05, 0.1) is 0 Å². The molecule has 1 atom stereocenters. The van der Waals surface area contributed by atoms with Crippen LogP contribution in [0.5, 0.6) is 0 Å². The fraction of sp³-hybridized carbons (Fsp3) is 0.385. The Kier molecular flexibility index (Phi) is 5.35. The summed E-state index contributed by atoms with van der Waals surface area (Å²) in [7, 11) is 0. The van der Waals surface area contributed by atoms with Crippen LogP contribution in [0.1, 0.15) is 26.2 Å². The van der Waals surface area contributed by atoms with Crippen LogP contribution in [0.3, 0.4) is 0 Å². The summed E-state index contributed by atoms with van der Waals surface area (Å²) in [6.45, 7) is 1.68. The van der Waals surface area contributed by atoms with Crippen LogP contribution >= 0.6 is 15.9 Å². The summed E-state index contributed by atoms with van der Waals surface area (Å²) in [4.78, 5) is 22.1. The van der Waals surface area contributed by atoms with Crippen molar-refractivity contribution in [3.8, 4) is 0 Å². The number of rotatable bonds is 7. The molecule has 0 saturated heterocycles. The maximum Gasteiger partial charge on any atom is 0.303 e. The van der Waals surface area contributed by atoms with Gasteiger partial charge in [-0.2, -0.15) is 0 Å². The molecule has 4 N–H and O–H groups in total. The Bertz CT molecular complexity index is 479. The zero-order valence-electron chi connectivity index (χ0n) is 10.6. The third-order valence-corrected chi connectivity index (χ3v) is 3.35. The highest BCUT2D eigenvalue weighted by molar-refractivity contribution is 9.10. The molecule has 0 heterocycles. The highest BCUT2D eigenvalue weighted by Gasteiger charge is 2.30. The highest BCUT2D eigenvalue weighted by Crippen LogP contribution is 2.23. The number of nitrogens with one attached hydrogen (secondary N) is 1. The number of halogens is 1. The lowest BCUT2D eigenvalue weighted by molar-refractivity contribution is -0.137. The molecule has 6 heteroatoms. The quantitative estimate of drug-likeness (QED) is 0.716. The third kappa shape index (κ3) is 4.90. The minimum atomic E-state index is -0.962. The summed E-state index contributed by atoms with van der Waals surface area (Å²) in [5, 5.41) is 11.7. The predicted molar refractivity (Wildman–Crippen MR) is 76.9 cm³/mol. The fourth-order valence-corrected chi connectivity index (χ4v) is 2.12. The molecule has 1 aromatic rings. The van der Waals surface area contributed by atoms with E-state index in [0.717, 1.165) is 10.2 Å². The van der Waals surface area contributed by atoms with Crippen molar-refractivity contribution in [3.05, 3.63) is 28.7 Å². The van der Waals surface area contributed by atoms with Gasteiger partial charge in [-0.1, -0.05) is 22.0 Å². The molecular formula is C13H17BrN2O3. The van der Waals surface area contributed by atoms with Gasteiger partial charge in [0.2, 0.25) is 5.91 Å². The van der Waals surface area contributed by atoms with Gasteiger partial charge in [0, 0.05) is 16.6 Å². The van der Waals surface area contributed by atoms with Crippen molar-refractivity contribution in [2.75, 3.05) is 5.32 Å². The van der Waals surface area contributed by atoms with E-state index in [2.05, 4.69) is 21.2 Å². The van der Waals surface area contributed by atoms with Crippen molar-refractivity contribution in [2.45, 2.75) is 31.7 Å². The number of amides is 1. The molecule has 0 saturated carbocycles. The summed E-state index contributed by atoms with van der Waals surface area (Å²) in [5.41, 5.74) is 5.21. The molecule has 0 bridgehead atoms. The number of hydrogen-bond donors (Lipinski definition) is 3. The van der Waals surface area contributed by atoms with Crippen LogP contribution in [0.25, 0.3) is 0 Å². The van der Waals surface area contributed by atoms with E-state index >= 15 is 0 Å². The average Bonchev–Trinajstić information content (AvgIpc) is 2.28. The number of hydrogen-bond acceptors (Lipinski definition) is 3. The number of carboxylic acid groups (broad SMARTS) is 1. The Morgan fingerprint density at radius 2 is 2.16 bits per heavy atom. The van der Waals surface area contributed by atoms with Crippen molar-refractivity contribution in [2.24, 2.45) is 5.73 Å². The van der Waals surface area contributed by atoms with E-state index in [1.807, 2.05) is 24.3 Å². The van der Waals surface area contributed by atoms with Crippen LogP contribution in [-0.2, 0) is 9.59 Å². The first kappa shape index (κ1) is 15.5. The van der Waals surface area contributed by atoms with Gasteiger partial charge >= 0.3 is 5.97 Å². The lowest BCUT2D eigenvalue weighted by atomic mass is 9.93. The van der Waals surface area contributed by atoms with Crippen LogP contribution < -0.4 is 11.1 Å². The average molecular weight is 329 g/mol. The Labute approximate surface area is 120 Å². The lowest BCUT2D eigenvalue weighted by Crippen LogP contribution is -2.47. The molecule has 0 aliphatic heterocycles. The number of anilines is 1. The monoisotopic (exact) mass is 328 g/mol. The van der Waals surface area contributed by atoms with Gasteiger partial charge in [-0.3, -0.25) is 9.59 Å². The summed E-state index contributed by atoms with van der Waals surface area (Å²) in [5.74, 6) is -1.38. The van der Waals surface area contributed by atoms with Crippen molar-refractivity contribution >= 4 is 33.5 Å². The van der Waals surface area contributed by atoms with E-state index in [1.165, 1.54) is 0 Å². The first-order chi connectivity index (χ1) is 8.83. The molecule has 104 valence electrons. The Morgan fingerprint density at radius 3 is 2.68 bits per heavy atom. The Balaban J connectivity index is 2.76. The Morgan fingerprint density at radius 1 is 1.47 bits per heavy atom. The number of carbonyl (C=O) groups is 2. The first-order valence-electron chi connectivity index (χ1n) is 5.89. The predicted octanol–water partition coefficient (Wildman–Crippen LogP) is 2.36. The fourth-order valence-electron chi connectivity index (χ4n) is 1.73. The molecule has 0 radical (unpaired) electrons. The minimum absolute atomic E-state index is 0.0169. The van der Waals surface area contributed by atoms with Crippen molar-refractivity contribution in [1.29, 1.82) is 0 Å². The molecular weight excluding hydrogens is 312 g/mol. The van der Waals surface area contributed by atoms with E-state index in [4.69, 9.17) is 10.8 Å². The van der Waals surface area contributed by atoms with Crippen LogP contribution in [0.2, 0.25) is 0 Å². The van der Waals surface area contributed by atoms with Crippen molar-refractivity contribution < 1.29 is 14.7 Å². The molecule has 1 unspecified atom stereocenters. The zero-order chi connectivity index (χ0) is 14.5. The highest BCUT2D eigenvalue weighted by atomic mass is 79.9. The molecule has 5 nitrogen and oxygen atoms in total. The summed E-state index contributed by atoms with van der Waals surface area (Å²) in [6, 6.07) is 7.36. The summed E-state index contributed by atoms with van der Waals surface area (Å²) >= 11 is 3.34. The molecule has 0 aliphatic rings. The topological polar surface area (TPSA) is 92.4 Å². The van der Waals surface area contributed by atoms with E-state index in [9.17, 15) is 9.59 Å². The molecule has 0 fully saturated rings. The molecule has 1 amide bonds. The molecule has 0 spiro atoms. The van der Waals surface area contributed by atoms with E-state index in [1.54, 1.807) is 6.92 Å². The van der Waals surface area contributed by atoms with E-state index in [0.29, 0.717) is 12.8 Å². The normalized spacial score (nSPS) is 13.6.